The summed E-state index contributed by atoms with van der Waals surface area (Å²) in [6, 6.07) is 5.51. The molecule has 0 saturated heterocycles. The Hall–Kier alpha value is -1.42. The Morgan fingerprint density at radius 2 is 2.24 bits per heavy atom. The number of ether oxygens (including phenoxy) is 3. The largest absolute Gasteiger partial charge is 0.465 e. The van der Waals surface area contributed by atoms with Crippen molar-refractivity contribution >= 4 is 17.6 Å². The average molecular weight is 257 g/mol. The predicted molar refractivity (Wildman–Crippen MR) is 62.5 cm³/mol. The smallest absolute Gasteiger partial charge is 0.324 e. The molecule has 0 N–H and O–H groups in total. The maximum atomic E-state index is 11.4. The topological polar surface area (TPSA) is 44.8 Å². The van der Waals surface area contributed by atoms with Crippen LogP contribution < -0.4 is 9.47 Å². The normalized spacial score (nSPS) is 14.5. The SMILES string of the molecule is CCOC(=O)C(Cl)Cc1ccc2c(c1)OCO2. The van der Waals surface area contributed by atoms with E-state index in [-0.39, 0.29) is 6.79 Å². The van der Waals surface area contributed by atoms with Gasteiger partial charge in [0.2, 0.25) is 6.79 Å². The summed E-state index contributed by atoms with van der Waals surface area (Å²) in [5, 5.41) is -0.671. The maximum absolute atomic E-state index is 11.4. The van der Waals surface area contributed by atoms with E-state index in [2.05, 4.69) is 0 Å². The van der Waals surface area contributed by atoms with Crippen molar-refractivity contribution < 1.29 is 19.0 Å². The van der Waals surface area contributed by atoms with Crippen molar-refractivity contribution in [3.8, 4) is 11.5 Å². The van der Waals surface area contributed by atoms with Gasteiger partial charge in [0.1, 0.15) is 5.38 Å². The van der Waals surface area contributed by atoms with E-state index in [1.54, 1.807) is 6.92 Å². The third kappa shape index (κ3) is 2.82. The standard InChI is InChI=1S/C12H13ClO4/c1-2-15-12(14)9(13)5-8-3-4-10-11(6-8)17-7-16-10/h3-4,6,9H,2,5,7H2,1H3. The minimum atomic E-state index is -0.671. The Morgan fingerprint density at radius 3 is 3.00 bits per heavy atom. The quantitative estimate of drug-likeness (QED) is 0.612. The Labute approximate surface area is 104 Å². The molecule has 0 aliphatic carbocycles. The van der Waals surface area contributed by atoms with Crippen molar-refractivity contribution in [1.82, 2.24) is 0 Å². The third-order valence-electron chi connectivity index (χ3n) is 2.39. The second kappa shape index (κ2) is 5.27. The van der Waals surface area contributed by atoms with Gasteiger partial charge in [-0.15, -0.1) is 11.6 Å². The summed E-state index contributed by atoms with van der Waals surface area (Å²) in [6.45, 7) is 2.33. The highest BCUT2D eigenvalue weighted by atomic mass is 35.5. The van der Waals surface area contributed by atoms with E-state index < -0.39 is 11.3 Å². The molecule has 4 nitrogen and oxygen atoms in total. The number of esters is 1. The Bertz CT molecular complexity index is 419. The highest BCUT2D eigenvalue weighted by Gasteiger charge is 2.19. The first kappa shape index (κ1) is 12.0. The minimum absolute atomic E-state index is 0.237. The van der Waals surface area contributed by atoms with Gasteiger partial charge in [-0.05, 0) is 31.0 Å². The van der Waals surface area contributed by atoms with Crippen LogP contribution in [0.5, 0.6) is 11.5 Å². The van der Waals surface area contributed by atoms with Gasteiger partial charge in [-0.25, -0.2) is 0 Å². The number of carbonyl (C=O) groups excluding carboxylic acids is 1. The molecule has 5 heteroatoms. The van der Waals surface area contributed by atoms with E-state index in [0.29, 0.717) is 18.8 Å². The Morgan fingerprint density at radius 1 is 1.47 bits per heavy atom. The molecule has 2 rings (SSSR count). The summed E-state index contributed by atoms with van der Waals surface area (Å²) >= 11 is 5.95. The lowest BCUT2D eigenvalue weighted by Gasteiger charge is -2.09. The zero-order valence-corrected chi connectivity index (χ0v) is 10.2. The average Bonchev–Trinajstić information content (AvgIpc) is 2.76. The molecule has 1 heterocycles. The molecule has 0 fully saturated rings. The van der Waals surface area contributed by atoms with E-state index >= 15 is 0 Å². The van der Waals surface area contributed by atoms with Gasteiger partial charge in [0.15, 0.2) is 11.5 Å². The molecule has 0 saturated carbocycles. The zero-order valence-electron chi connectivity index (χ0n) is 9.44. The van der Waals surface area contributed by atoms with Crippen molar-refractivity contribution in [2.24, 2.45) is 0 Å². The van der Waals surface area contributed by atoms with E-state index in [0.717, 1.165) is 11.3 Å². The predicted octanol–water partition coefficient (Wildman–Crippen LogP) is 2.13. The molecule has 0 aromatic heterocycles. The van der Waals surface area contributed by atoms with Gasteiger partial charge < -0.3 is 14.2 Å². The summed E-state index contributed by atoms with van der Waals surface area (Å²) in [7, 11) is 0. The maximum Gasteiger partial charge on any atom is 0.324 e. The van der Waals surface area contributed by atoms with Gasteiger partial charge in [0.05, 0.1) is 6.61 Å². The van der Waals surface area contributed by atoms with Gasteiger partial charge in [0.25, 0.3) is 0 Å². The lowest BCUT2D eigenvalue weighted by atomic mass is 10.1. The fraction of sp³-hybridized carbons (Fsp3) is 0.417. The van der Waals surface area contributed by atoms with Crippen LogP contribution in [0.4, 0.5) is 0 Å². The molecule has 0 spiro atoms. The molecule has 1 unspecified atom stereocenters. The molecule has 1 aromatic rings. The first-order chi connectivity index (χ1) is 8.20. The molecule has 92 valence electrons. The van der Waals surface area contributed by atoms with E-state index in [4.69, 9.17) is 25.8 Å². The molecule has 1 aliphatic heterocycles. The number of fused-ring (bicyclic) bond motifs is 1. The van der Waals surface area contributed by atoms with Crippen LogP contribution in [0.2, 0.25) is 0 Å². The first-order valence-corrected chi connectivity index (χ1v) is 5.83. The summed E-state index contributed by atoms with van der Waals surface area (Å²) in [5.74, 6) is 1.01. The summed E-state index contributed by atoms with van der Waals surface area (Å²) in [5.41, 5.74) is 0.919. The van der Waals surface area contributed by atoms with Crippen LogP contribution in [0.3, 0.4) is 0 Å². The van der Waals surface area contributed by atoms with Crippen LogP contribution in [0.1, 0.15) is 12.5 Å². The molecular weight excluding hydrogens is 244 g/mol. The summed E-state index contributed by atoms with van der Waals surface area (Å²) in [4.78, 5) is 11.4. The van der Waals surface area contributed by atoms with Gasteiger partial charge in [-0.3, -0.25) is 4.79 Å². The van der Waals surface area contributed by atoms with Crippen molar-refractivity contribution in [1.29, 1.82) is 0 Å². The lowest BCUT2D eigenvalue weighted by molar-refractivity contribution is -0.142. The Balaban J connectivity index is 2.01. The van der Waals surface area contributed by atoms with Gasteiger partial charge in [0, 0.05) is 0 Å². The highest BCUT2D eigenvalue weighted by Crippen LogP contribution is 2.33. The van der Waals surface area contributed by atoms with Gasteiger partial charge in [-0.2, -0.15) is 0 Å². The van der Waals surface area contributed by atoms with Crippen LogP contribution in [0, 0.1) is 0 Å². The minimum Gasteiger partial charge on any atom is -0.465 e. The number of carbonyl (C=O) groups is 1. The van der Waals surface area contributed by atoms with E-state index in [9.17, 15) is 4.79 Å². The van der Waals surface area contributed by atoms with Gasteiger partial charge in [-0.1, -0.05) is 6.07 Å². The number of rotatable bonds is 4. The molecule has 0 bridgehead atoms. The molecule has 1 atom stereocenters. The number of hydrogen-bond acceptors (Lipinski definition) is 4. The number of halogens is 1. The Kier molecular flexibility index (Phi) is 3.74. The monoisotopic (exact) mass is 256 g/mol. The second-order valence-electron chi connectivity index (χ2n) is 3.61. The summed E-state index contributed by atoms with van der Waals surface area (Å²) < 4.78 is 15.3. The zero-order chi connectivity index (χ0) is 12.3. The second-order valence-corrected chi connectivity index (χ2v) is 4.14. The van der Waals surface area contributed by atoms with Crippen molar-refractivity contribution in [2.45, 2.75) is 18.7 Å². The lowest BCUT2D eigenvalue weighted by Crippen LogP contribution is -2.20. The number of benzene rings is 1. The molecule has 0 radical (unpaired) electrons. The highest BCUT2D eigenvalue weighted by molar-refractivity contribution is 6.30. The summed E-state index contributed by atoms with van der Waals surface area (Å²) in [6.07, 6.45) is 0.414. The van der Waals surface area contributed by atoms with Crippen LogP contribution in [0.25, 0.3) is 0 Å². The van der Waals surface area contributed by atoms with Crippen LogP contribution in [-0.2, 0) is 16.0 Å². The molecular formula is C12H13ClO4. The fourth-order valence-corrected chi connectivity index (χ4v) is 1.83. The molecule has 1 aliphatic rings. The van der Waals surface area contributed by atoms with Crippen molar-refractivity contribution in [2.75, 3.05) is 13.4 Å². The van der Waals surface area contributed by atoms with Gasteiger partial charge >= 0.3 is 5.97 Å². The number of alkyl halides is 1. The third-order valence-corrected chi connectivity index (χ3v) is 2.73. The van der Waals surface area contributed by atoms with E-state index in [1.807, 2.05) is 18.2 Å². The van der Waals surface area contributed by atoms with Crippen molar-refractivity contribution in [3.63, 3.8) is 0 Å². The van der Waals surface area contributed by atoms with E-state index in [1.165, 1.54) is 0 Å². The van der Waals surface area contributed by atoms with Crippen LogP contribution in [0.15, 0.2) is 18.2 Å². The van der Waals surface area contributed by atoms with Crippen LogP contribution >= 0.6 is 11.6 Å². The van der Waals surface area contributed by atoms with Crippen LogP contribution in [-0.4, -0.2) is 24.7 Å². The first-order valence-electron chi connectivity index (χ1n) is 5.40. The van der Waals surface area contributed by atoms with Crippen molar-refractivity contribution in [3.05, 3.63) is 23.8 Å². The molecule has 0 amide bonds. The molecule has 17 heavy (non-hydrogen) atoms. The fourth-order valence-electron chi connectivity index (χ4n) is 1.59. The molecule has 1 aromatic carbocycles. The number of hydrogen-bond donors (Lipinski definition) is 0.